The number of carbonyl (C=O) groups is 2. The number of furan rings is 1. The number of amides is 2. The Morgan fingerprint density at radius 1 is 1.07 bits per heavy atom. The minimum atomic E-state index is -0.324. The van der Waals surface area contributed by atoms with Gasteiger partial charge in [0.05, 0.1) is 12.8 Å². The summed E-state index contributed by atoms with van der Waals surface area (Å²) >= 11 is 1.63. The van der Waals surface area contributed by atoms with Gasteiger partial charge in [-0.1, -0.05) is 36.4 Å². The fraction of sp³-hybridized carbons (Fsp3) is 0.217. The number of benzene rings is 1. The molecule has 3 aromatic rings. The number of carbonyl (C=O) groups excluding carboxylic acids is 2. The van der Waals surface area contributed by atoms with E-state index in [4.69, 9.17) is 4.42 Å². The van der Waals surface area contributed by atoms with Gasteiger partial charge in [0.25, 0.3) is 5.91 Å². The standard InChI is InChI=1S/C23H24N2O3S/c1-3-12-24(23(27)20-10-7-13-28-20)17-22(26)25(15-19-8-5-4-6-9-19)16-21-18(2)11-14-29-21/h3-11,13-14H,1,12,15-17H2,2H3. The van der Waals surface area contributed by atoms with Crippen LogP contribution >= 0.6 is 11.3 Å². The second kappa shape index (κ2) is 9.89. The van der Waals surface area contributed by atoms with E-state index in [-0.39, 0.29) is 30.7 Å². The SMILES string of the molecule is C=CCN(CC(=O)N(Cc1ccccc1)Cc1sccc1C)C(=O)c1ccco1. The Hall–Kier alpha value is -3.12. The van der Waals surface area contributed by atoms with Crippen molar-refractivity contribution in [3.63, 3.8) is 0 Å². The molecule has 0 aliphatic carbocycles. The van der Waals surface area contributed by atoms with Crippen molar-refractivity contribution in [3.05, 3.63) is 94.6 Å². The van der Waals surface area contributed by atoms with E-state index >= 15 is 0 Å². The Kier molecular flexibility index (Phi) is 7.03. The summed E-state index contributed by atoms with van der Waals surface area (Å²) in [7, 11) is 0. The zero-order valence-corrected chi connectivity index (χ0v) is 17.2. The van der Waals surface area contributed by atoms with Gasteiger partial charge in [-0.15, -0.1) is 17.9 Å². The Morgan fingerprint density at radius 2 is 1.86 bits per heavy atom. The van der Waals surface area contributed by atoms with E-state index in [0.717, 1.165) is 16.0 Å². The van der Waals surface area contributed by atoms with Gasteiger partial charge in [-0.3, -0.25) is 9.59 Å². The van der Waals surface area contributed by atoms with Gasteiger partial charge in [-0.2, -0.15) is 0 Å². The monoisotopic (exact) mass is 408 g/mol. The molecule has 5 nitrogen and oxygen atoms in total. The van der Waals surface area contributed by atoms with E-state index in [1.54, 1.807) is 34.4 Å². The molecule has 0 bridgehead atoms. The molecule has 0 spiro atoms. The zero-order valence-electron chi connectivity index (χ0n) is 16.4. The molecule has 29 heavy (non-hydrogen) atoms. The summed E-state index contributed by atoms with van der Waals surface area (Å²) in [5, 5.41) is 2.03. The molecule has 0 radical (unpaired) electrons. The summed E-state index contributed by atoms with van der Waals surface area (Å²) < 4.78 is 5.21. The van der Waals surface area contributed by atoms with E-state index in [9.17, 15) is 9.59 Å². The third-order valence-electron chi connectivity index (χ3n) is 4.57. The van der Waals surface area contributed by atoms with E-state index in [2.05, 4.69) is 12.6 Å². The largest absolute Gasteiger partial charge is 0.459 e. The average Bonchev–Trinajstić information content (AvgIpc) is 3.40. The first-order valence-electron chi connectivity index (χ1n) is 9.37. The zero-order chi connectivity index (χ0) is 20.6. The van der Waals surface area contributed by atoms with Crippen LogP contribution < -0.4 is 0 Å². The lowest BCUT2D eigenvalue weighted by Crippen LogP contribution is -2.42. The molecule has 0 saturated carbocycles. The Balaban J connectivity index is 1.79. The topological polar surface area (TPSA) is 53.8 Å². The highest BCUT2D eigenvalue weighted by Crippen LogP contribution is 2.20. The number of hydrogen-bond acceptors (Lipinski definition) is 4. The molecule has 1 aromatic carbocycles. The number of nitrogens with zero attached hydrogens (tertiary/aromatic N) is 2. The summed E-state index contributed by atoms with van der Waals surface area (Å²) in [4.78, 5) is 30.3. The van der Waals surface area contributed by atoms with Gasteiger partial charge in [-0.25, -0.2) is 0 Å². The van der Waals surface area contributed by atoms with Gasteiger partial charge in [-0.05, 0) is 41.6 Å². The lowest BCUT2D eigenvalue weighted by atomic mass is 10.2. The maximum absolute atomic E-state index is 13.2. The van der Waals surface area contributed by atoms with Crippen LogP contribution in [0.5, 0.6) is 0 Å². The van der Waals surface area contributed by atoms with Crippen molar-refractivity contribution in [2.24, 2.45) is 0 Å². The molecular weight excluding hydrogens is 384 g/mol. The van der Waals surface area contributed by atoms with Gasteiger partial charge < -0.3 is 14.2 Å². The Bertz CT molecular complexity index is 948. The summed E-state index contributed by atoms with van der Waals surface area (Å²) in [5.41, 5.74) is 2.21. The first kappa shape index (κ1) is 20.6. The van der Waals surface area contributed by atoms with Crippen molar-refractivity contribution in [1.82, 2.24) is 9.80 Å². The quantitative estimate of drug-likeness (QED) is 0.490. The van der Waals surface area contributed by atoms with E-state index in [0.29, 0.717) is 13.1 Å². The second-order valence-electron chi connectivity index (χ2n) is 6.71. The van der Waals surface area contributed by atoms with Crippen molar-refractivity contribution in [2.45, 2.75) is 20.0 Å². The summed E-state index contributed by atoms with van der Waals surface area (Å²) in [5.74, 6) is -0.234. The number of thiophene rings is 1. The third kappa shape index (κ3) is 5.45. The van der Waals surface area contributed by atoms with Crippen molar-refractivity contribution in [3.8, 4) is 0 Å². The summed E-state index contributed by atoms with van der Waals surface area (Å²) in [6, 6.07) is 15.2. The first-order chi connectivity index (χ1) is 14.1. The normalized spacial score (nSPS) is 10.5. The Morgan fingerprint density at radius 3 is 2.48 bits per heavy atom. The smallest absolute Gasteiger partial charge is 0.290 e. The molecule has 2 amide bonds. The maximum Gasteiger partial charge on any atom is 0.290 e. The van der Waals surface area contributed by atoms with Crippen LogP contribution in [0.1, 0.15) is 26.6 Å². The van der Waals surface area contributed by atoms with E-state index in [1.165, 1.54) is 11.2 Å². The van der Waals surface area contributed by atoms with Crippen molar-refractivity contribution >= 4 is 23.2 Å². The van der Waals surface area contributed by atoms with E-state index < -0.39 is 0 Å². The Labute approximate surface area is 174 Å². The van der Waals surface area contributed by atoms with Crippen LogP contribution in [-0.4, -0.2) is 34.7 Å². The average molecular weight is 409 g/mol. The van der Waals surface area contributed by atoms with Crippen molar-refractivity contribution in [2.75, 3.05) is 13.1 Å². The van der Waals surface area contributed by atoms with Gasteiger partial charge in [0.1, 0.15) is 6.54 Å². The predicted molar refractivity (Wildman–Crippen MR) is 115 cm³/mol. The number of rotatable bonds is 9. The molecule has 150 valence electrons. The van der Waals surface area contributed by atoms with Gasteiger partial charge in [0.15, 0.2) is 5.76 Å². The van der Waals surface area contributed by atoms with E-state index in [1.807, 2.05) is 42.6 Å². The van der Waals surface area contributed by atoms with Crippen LogP contribution in [0, 0.1) is 6.92 Å². The van der Waals surface area contributed by atoms with Crippen LogP contribution in [0.3, 0.4) is 0 Å². The number of aryl methyl sites for hydroxylation is 1. The van der Waals surface area contributed by atoms with Crippen LogP contribution in [0.15, 0.2) is 77.2 Å². The molecule has 0 N–H and O–H groups in total. The lowest BCUT2D eigenvalue weighted by molar-refractivity contribution is -0.133. The third-order valence-corrected chi connectivity index (χ3v) is 5.57. The van der Waals surface area contributed by atoms with Crippen LogP contribution in [0.25, 0.3) is 0 Å². The summed E-state index contributed by atoms with van der Waals surface area (Å²) in [6.07, 6.45) is 3.06. The molecule has 3 rings (SSSR count). The molecule has 0 aliphatic heterocycles. The highest BCUT2D eigenvalue weighted by Gasteiger charge is 2.24. The van der Waals surface area contributed by atoms with Gasteiger partial charge in [0, 0.05) is 18.0 Å². The molecule has 0 atom stereocenters. The van der Waals surface area contributed by atoms with Gasteiger partial charge >= 0.3 is 0 Å². The molecule has 0 aliphatic rings. The number of hydrogen-bond donors (Lipinski definition) is 0. The van der Waals surface area contributed by atoms with Crippen molar-refractivity contribution in [1.29, 1.82) is 0 Å². The second-order valence-corrected chi connectivity index (χ2v) is 7.71. The molecule has 0 fully saturated rings. The fourth-order valence-corrected chi connectivity index (χ4v) is 3.89. The van der Waals surface area contributed by atoms with Crippen LogP contribution in [0.2, 0.25) is 0 Å². The maximum atomic E-state index is 13.2. The summed E-state index contributed by atoms with van der Waals surface area (Å²) in [6.45, 7) is 6.97. The minimum Gasteiger partial charge on any atom is -0.459 e. The molecule has 2 heterocycles. The predicted octanol–water partition coefficient (Wildman–Crippen LogP) is 4.51. The first-order valence-corrected chi connectivity index (χ1v) is 10.2. The molecule has 2 aromatic heterocycles. The van der Waals surface area contributed by atoms with Crippen LogP contribution in [0.4, 0.5) is 0 Å². The van der Waals surface area contributed by atoms with Gasteiger partial charge in [0.2, 0.25) is 5.91 Å². The molecule has 6 heteroatoms. The highest BCUT2D eigenvalue weighted by molar-refractivity contribution is 7.10. The van der Waals surface area contributed by atoms with Crippen LogP contribution in [-0.2, 0) is 17.9 Å². The molecule has 0 unspecified atom stereocenters. The molecular formula is C23H24N2O3S. The molecule has 0 saturated heterocycles. The highest BCUT2D eigenvalue weighted by atomic mass is 32.1. The lowest BCUT2D eigenvalue weighted by Gasteiger charge is -2.27. The minimum absolute atomic E-state index is 0.0389. The fourth-order valence-electron chi connectivity index (χ4n) is 2.97. The van der Waals surface area contributed by atoms with Crippen molar-refractivity contribution < 1.29 is 14.0 Å².